The van der Waals surface area contributed by atoms with Crippen LogP contribution in [0.5, 0.6) is 0 Å². The molecule has 1 amide bonds. The van der Waals surface area contributed by atoms with E-state index in [0.29, 0.717) is 10.6 Å². The van der Waals surface area contributed by atoms with Gasteiger partial charge < -0.3 is 20.5 Å². The van der Waals surface area contributed by atoms with Crippen molar-refractivity contribution in [3.05, 3.63) is 70.3 Å². The summed E-state index contributed by atoms with van der Waals surface area (Å²) in [4.78, 5) is 26.5. The number of amides is 1. The maximum Gasteiger partial charge on any atom is 0.322 e. The third-order valence-electron chi connectivity index (χ3n) is 4.62. The van der Waals surface area contributed by atoms with Crippen molar-refractivity contribution in [2.45, 2.75) is 41.5 Å². The molecule has 6 nitrogen and oxygen atoms in total. The first-order chi connectivity index (χ1) is 16.2. The Hall–Kier alpha value is -3.38. The number of benzene rings is 2. The van der Waals surface area contributed by atoms with Crippen LogP contribution in [0.15, 0.2) is 59.1 Å². The molecule has 0 heterocycles. The van der Waals surface area contributed by atoms with Gasteiger partial charge in [0, 0.05) is 17.6 Å². The lowest BCUT2D eigenvalue weighted by atomic mass is 9.89. The summed E-state index contributed by atoms with van der Waals surface area (Å²) in [5.41, 5.74) is 3.81. The van der Waals surface area contributed by atoms with Crippen LogP contribution in [-0.4, -0.2) is 41.9 Å². The molecular weight excluding hydrogens is 452 g/mol. The number of carbonyl (C=O) groups excluding carboxylic acids is 1. The molecule has 0 radical (unpaired) electrons. The van der Waals surface area contributed by atoms with Crippen molar-refractivity contribution in [3.63, 3.8) is 0 Å². The molecule has 0 saturated heterocycles. The van der Waals surface area contributed by atoms with Crippen molar-refractivity contribution in [1.29, 1.82) is 0 Å². The number of carbonyl (C=O) groups is 2. The summed E-state index contributed by atoms with van der Waals surface area (Å²) in [7, 11) is 1.75. The molecular formula is C27H35ClN2O4. The van der Waals surface area contributed by atoms with Gasteiger partial charge in [0.2, 0.25) is 0 Å². The minimum absolute atomic E-state index is 0.00711. The minimum Gasteiger partial charge on any atom is -0.507 e. The number of carboxylic acid groups (broad SMARTS) is 1. The number of allylic oxidation sites excluding steroid dienone is 2. The smallest absolute Gasteiger partial charge is 0.322 e. The number of aliphatic imine (C=N–C) groups is 1. The fourth-order valence-electron chi connectivity index (χ4n) is 2.81. The minimum atomic E-state index is -1.17. The molecule has 2 aromatic carbocycles. The molecule has 0 fully saturated rings. The van der Waals surface area contributed by atoms with E-state index < -0.39 is 18.4 Å². The number of nitrogens with zero attached hydrogens (tertiary/aromatic N) is 1. The molecule has 0 saturated carbocycles. The number of rotatable bonds is 6. The van der Waals surface area contributed by atoms with Crippen LogP contribution in [0.3, 0.4) is 0 Å². The zero-order valence-electron chi connectivity index (χ0n) is 20.9. The normalized spacial score (nSPS) is 11.5. The third kappa shape index (κ3) is 9.24. The van der Waals surface area contributed by atoms with E-state index in [-0.39, 0.29) is 11.3 Å². The average Bonchev–Trinajstić information content (AvgIpc) is 2.87. The van der Waals surface area contributed by atoms with E-state index in [1.54, 1.807) is 19.3 Å². The lowest BCUT2D eigenvalue weighted by Crippen LogP contribution is -2.30. The van der Waals surface area contributed by atoms with Crippen LogP contribution in [0.4, 0.5) is 0 Å². The zero-order valence-corrected chi connectivity index (χ0v) is 21.7. The number of hydrogen-bond donors (Lipinski definition) is 3. The Morgan fingerprint density at radius 1 is 1.06 bits per heavy atom. The highest BCUT2D eigenvalue weighted by atomic mass is 35.5. The summed E-state index contributed by atoms with van der Waals surface area (Å²) in [5.74, 6) is -2.08. The van der Waals surface area contributed by atoms with Crippen LogP contribution in [-0.2, 0) is 9.59 Å². The molecule has 2 rings (SSSR count). The quantitative estimate of drug-likeness (QED) is 0.241. The van der Waals surface area contributed by atoms with Crippen LogP contribution in [0.25, 0.3) is 22.5 Å². The maximum absolute atomic E-state index is 12.2. The number of aliphatic hydroxyl groups excluding tert-OH is 1. The van der Waals surface area contributed by atoms with Gasteiger partial charge in [-0.3, -0.25) is 9.59 Å². The predicted molar refractivity (Wildman–Crippen MR) is 144 cm³/mol. The number of aliphatic hydroxyl groups is 1. The second-order valence-electron chi connectivity index (χ2n) is 6.78. The number of carboxylic acids is 1. The molecule has 3 N–H and O–H groups in total. The van der Waals surface area contributed by atoms with Crippen LogP contribution >= 0.6 is 11.6 Å². The lowest BCUT2D eigenvalue weighted by Gasteiger charge is -2.18. The Bertz CT molecular complexity index is 1040. The fraction of sp³-hybridized carbons (Fsp3) is 0.296. The van der Waals surface area contributed by atoms with E-state index in [0.717, 1.165) is 22.3 Å². The van der Waals surface area contributed by atoms with Gasteiger partial charge in [-0.15, -0.1) is 0 Å². The van der Waals surface area contributed by atoms with Crippen LogP contribution < -0.4 is 5.32 Å². The van der Waals surface area contributed by atoms with Gasteiger partial charge >= 0.3 is 5.97 Å². The second-order valence-corrected chi connectivity index (χ2v) is 7.22. The Balaban J connectivity index is 0.00000164. The predicted octanol–water partition coefficient (Wildman–Crippen LogP) is 6.65. The summed E-state index contributed by atoms with van der Waals surface area (Å²) in [6.45, 7) is 10.6. The van der Waals surface area contributed by atoms with Crippen LogP contribution in [0, 0.1) is 0 Å². The third-order valence-corrected chi connectivity index (χ3v) is 4.84. The van der Waals surface area contributed by atoms with Crippen LogP contribution in [0.2, 0.25) is 5.02 Å². The maximum atomic E-state index is 12.2. The first-order valence-corrected chi connectivity index (χ1v) is 11.3. The van der Waals surface area contributed by atoms with Crippen molar-refractivity contribution < 1.29 is 19.8 Å². The van der Waals surface area contributed by atoms with Gasteiger partial charge in [0.05, 0.1) is 5.57 Å². The van der Waals surface area contributed by atoms with Crippen LogP contribution in [0.1, 0.15) is 52.7 Å². The van der Waals surface area contributed by atoms with Gasteiger partial charge in [0.25, 0.3) is 5.91 Å². The number of halogens is 1. The molecule has 0 unspecified atom stereocenters. The molecule has 0 aliphatic carbocycles. The SMILES string of the molecule is C/C=C(/C)c1c(/C(O)=C(\C)C(=O)NCC(=O)O)cc(Cl)cc1-c1ccccc1.CC.CC=NC. The molecule has 0 aromatic heterocycles. The van der Waals surface area contributed by atoms with Gasteiger partial charge in [0.15, 0.2) is 0 Å². The van der Waals surface area contributed by atoms with E-state index in [1.165, 1.54) is 6.92 Å². The van der Waals surface area contributed by atoms with Crippen molar-refractivity contribution >= 4 is 41.0 Å². The van der Waals surface area contributed by atoms with Crippen molar-refractivity contribution in [2.75, 3.05) is 13.6 Å². The number of aliphatic carboxylic acids is 1. The van der Waals surface area contributed by atoms with Crippen molar-refractivity contribution in [2.24, 2.45) is 4.99 Å². The molecule has 0 aliphatic heterocycles. The standard InChI is InChI=1S/C22H22ClNO4.C3H7N.C2H6/c1-4-13(2)20-17(15-8-6-5-7-9-15)10-16(23)11-18(20)21(27)14(3)22(28)24-12-19(25)26;1-3-4-2;1-2/h4-11,27H,12H2,1-3H3,(H,24,28)(H,25,26);3H,1-2H3;1-2H3/b13-4-,21-14-;;. The summed E-state index contributed by atoms with van der Waals surface area (Å²) < 4.78 is 0. The Labute approximate surface area is 207 Å². The second kappa shape index (κ2) is 16.3. The van der Waals surface area contributed by atoms with Crippen molar-refractivity contribution in [1.82, 2.24) is 5.32 Å². The molecule has 0 atom stereocenters. The molecule has 184 valence electrons. The number of nitrogens with one attached hydrogen (secondary N) is 1. The zero-order chi connectivity index (χ0) is 26.3. The van der Waals surface area contributed by atoms with Gasteiger partial charge in [-0.25, -0.2) is 0 Å². The molecule has 0 aliphatic rings. The van der Waals surface area contributed by atoms with Gasteiger partial charge in [0.1, 0.15) is 12.3 Å². The summed E-state index contributed by atoms with van der Waals surface area (Å²) in [6, 6.07) is 13.0. The molecule has 7 heteroatoms. The molecule has 0 bridgehead atoms. The first-order valence-electron chi connectivity index (χ1n) is 11.0. The summed E-state index contributed by atoms with van der Waals surface area (Å²) in [5, 5.41) is 22.2. The van der Waals surface area contributed by atoms with Gasteiger partial charge in [-0.2, -0.15) is 0 Å². The highest BCUT2D eigenvalue weighted by Gasteiger charge is 2.20. The van der Waals surface area contributed by atoms with E-state index in [2.05, 4.69) is 10.3 Å². The van der Waals surface area contributed by atoms with E-state index in [4.69, 9.17) is 16.7 Å². The van der Waals surface area contributed by atoms with E-state index in [9.17, 15) is 14.7 Å². The largest absolute Gasteiger partial charge is 0.507 e. The molecule has 34 heavy (non-hydrogen) atoms. The van der Waals surface area contributed by atoms with Crippen molar-refractivity contribution in [3.8, 4) is 11.1 Å². The lowest BCUT2D eigenvalue weighted by molar-refractivity contribution is -0.137. The Morgan fingerprint density at radius 2 is 1.62 bits per heavy atom. The van der Waals surface area contributed by atoms with Gasteiger partial charge in [-0.1, -0.05) is 61.9 Å². The topological polar surface area (TPSA) is 99.0 Å². The Morgan fingerprint density at radius 3 is 2.09 bits per heavy atom. The monoisotopic (exact) mass is 486 g/mol. The Kier molecular flexibility index (Phi) is 14.6. The highest BCUT2D eigenvalue weighted by molar-refractivity contribution is 6.31. The summed E-state index contributed by atoms with van der Waals surface area (Å²) >= 11 is 6.32. The van der Waals surface area contributed by atoms with E-state index in [1.807, 2.05) is 77.1 Å². The highest BCUT2D eigenvalue weighted by Crippen LogP contribution is 2.37. The molecule has 2 aromatic rings. The fourth-order valence-corrected chi connectivity index (χ4v) is 3.02. The molecule has 0 spiro atoms. The first kappa shape index (κ1) is 30.6. The van der Waals surface area contributed by atoms with E-state index >= 15 is 0 Å². The summed E-state index contributed by atoms with van der Waals surface area (Å²) in [6.07, 6.45) is 3.66. The van der Waals surface area contributed by atoms with Gasteiger partial charge in [-0.05, 0) is 68.3 Å². The average molecular weight is 487 g/mol. The number of hydrogen-bond acceptors (Lipinski definition) is 4.